The van der Waals surface area contributed by atoms with Gasteiger partial charge in [-0.05, 0) is 61.4 Å². The molecule has 2 saturated heterocycles. The van der Waals surface area contributed by atoms with E-state index in [9.17, 15) is 14.7 Å². The third-order valence-electron chi connectivity index (χ3n) is 8.77. The lowest BCUT2D eigenvalue weighted by Gasteiger charge is -2.32. The summed E-state index contributed by atoms with van der Waals surface area (Å²) in [7, 11) is 1.88. The molecule has 3 aromatic carbocycles. The number of hydrogen-bond acceptors (Lipinski definition) is 6. The Bertz CT molecular complexity index is 1340. The van der Waals surface area contributed by atoms with Gasteiger partial charge in [-0.15, -0.1) is 0 Å². The van der Waals surface area contributed by atoms with Crippen LogP contribution in [0.4, 0.5) is 10.5 Å². The molecule has 0 spiro atoms. The average Bonchev–Trinajstić information content (AvgIpc) is 3.04. The summed E-state index contributed by atoms with van der Waals surface area (Å²) in [6.45, 7) is 5.81. The van der Waals surface area contributed by atoms with E-state index in [0.717, 1.165) is 88.2 Å². The van der Waals surface area contributed by atoms with E-state index in [2.05, 4.69) is 39.4 Å². The molecule has 2 heterocycles. The van der Waals surface area contributed by atoms with Crippen molar-refractivity contribution in [1.29, 1.82) is 0 Å². The monoisotopic (exact) mass is 598 g/mol. The Labute approximate surface area is 261 Å². The molecule has 2 aliphatic rings. The Morgan fingerprint density at radius 2 is 1.59 bits per heavy atom. The number of hydrogen-bond donors (Lipinski definition) is 2. The maximum atomic E-state index is 12.8. The lowest BCUT2D eigenvalue weighted by atomic mass is 10.0. The quantitative estimate of drug-likeness (QED) is 0.307. The third kappa shape index (κ3) is 9.39. The molecule has 2 fully saturated rings. The van der Waals surface area contributed by atoms with Crippen LogP contribution in [0.5, 0.6) is 0 Å². The highest BCUT2D eigenvalue weighted by molar-refractivity contribution is 5.91. The van der Waals surface area contributed by atoms with Gasteiger partial charge in [-0.2, -0.15) is 0 Å². The molecule has 8 nitrogen and oxygen atoms in total. The molecule has 2 amide bonds. The third-order valence-corrected chi connectivity index (χ3v) is 8.77. The molecule has 1 unspecified atom stereocenters. The van der Waals surface area contributed by atoms with Crippen LogP contribution in [0.3, 0.4) is 0 Å². The highest BCUT2D eigenvalue weighted by atomic mass is 16.6. The first-order valence-electron chi connectivity index (χ1n) is 16.0. The van der Waals surface area contributed by atoms with E-state index in [4.69, 9.17) is 4.74 Å². The Hall–Kier alpha value is -3.72. The number of likely N-dealkylation sites (tertiary alicyclic amines) is 2. The number of aliphatic hydroxyl groups is 1. The first-order chi connectivity index (χ1) is 21.4. The second-order valence-electron chi connectivity index (χ2n) is 12.1. The topological polar surface area (TPSA) is 85.4 Å². The Morgan fingerprint density at radius 1 is 0.886 bits per heavy atom. The second-order valence-corrected chi connectivity index (χ2v) is 12.1. The van der Waals surface area contributed by atoms with Crippen molar-refractivity contribution in [2.24, 2.45) is 0 Å². The van der Waals surface area contributed by atoms with Crippen LogP contribution in [0.25, 0.3) is 11.1 Å². The van der Waals surface area contributed by atoms with Crippen molar-refractivity contribution >= 4 is 17.7 Å². The number of anilines is 1. The summed E-state index contributed by atoms with van der Waals surface area (Å²) >= 11 is 0. The zero-order valence-corrected chi connectivity index (χ0v) is 25.9. The molecule has 0 aromatic heterocycles. The number of rotatable bonds is 11. The summed E-state index contributed by atoms with van der Waals surface area (Å²) in [6, 6.07) is 26.3. The van der Waals surface area contributed by atoms with Crippen LogP contribution >= 0.6 is 0 Å². The summed E-state index contributed by atoms with van der Waals surface area (Å²) in [5.74, 6) is 0.155. The summed E-state index contributed by atoms with van der Waals surface area (Å²) < 4.78 is 5.77. The number of carbonyl (C=O) groups excluding carboxylic acids is 2. The number of piperidine rings is 2. The first kappa shape index (κ1) is 31.7. The number of aliphatic hydroxyl groups excluding tert-OH is 1. The highest BCUT2D eigenvalue weighted by Crippen LogP contribution is 2.28. The second kappa shape index (κ2) is 15.8. The van der Waals surface area contributed by atoms with Crippen LogP contribution in [-0.2, 0) is 22.5 Å². The number of para-hydroxylation sites is 1. The van der Waals surface area contributed by atoms with Crippen LogP contribution in [0.15, 0.2) is 78.9 Å². The molecule has 1 atom stereocenters. The van der Waals surface area contributed by atoms with Crippen molar-refractivity contribution in [2.45, 2.75) is 57.3 Å². The highest BCUT2D eigenvalue weighted by Gasteiger charge is 2.23. The number of likely N-dealkylation sites (N-methyl/N-ethyl adjacent to an activating group) is 1. The van der Waals surface area contributed by atoms with E-state index in [1.54, 1.807) is 0 Å². The van der Waals surface area contributed by atoms with Gasteiger partial charge >= 0.3 is 6.09 Å². The number of nitrogens with one attached hydrogen (secondary N) is 1. The van der Waals surface area contributed by atoms with Crippen molar-refractivity contribution < 1.29 is 19.4 Å². The fraction of sp³-hybridized carbons (Fsp3) is 0.444. The number of carbonyl (C=O) groups is 2. The minimum Gasteiger partial charge on any atom is -0.446 e. The first-order valence-corrected chi connectivity index (χ1v) is 16.0. The average molecular weight is 599 g/mol. The van der Waals surface area contributed by atoms with Gasteiger partial charge in [0.05, 0.1) is 11.8 Å². The number of amides is 2. The van der Waals surface area contributed by atoms with Crippen LogP contribution in [-0.4, -0.2) is 90.3 Å². The number of ether oxygens (including phenoxy) is 1. The fourth-order valence-electron chi connectivity index (χ4n) is 6.11. The van der Waals surface area contributed by atoms with Gasteiger partial charge in [-0.1, -0.05) is 72.8 Å². The fourth-order valence-corrected chi connectivity index (χ4v) is 6.11. The van der Waals surface area contributed by atoms with Gasteiger partial charge in [0.25, 0.3) is 0 Å². The van der Waals surface area contributed by atoms with Gasteiger partial charge in [-0.25, -0.2) is 4.79 Å². The molecule has 0 aliphatic carbocycles. The summed E-state index contributed by atoms with van der Waals surface area (Å²) in [5.41, 5.74) is 5.15. The molecule has 3 aromatic rings. The van der Waals surface area contributed by atoms with E-state index >= 15 is 0 Å². The van der Waals surface area contributed by atoms with E-state index in [1.165, 1.54) is 11.1 Å². The number of nitrogens with zero attached hydrogens (tertiary/aromatic N) is 3. The predicted molar refractivity (Wildman–Crippen MR) is 174 cm³/mol. The standard InChI is InChI=1S/C36H46N4O4/c1-38(35(42)18-17-28-13-15-29(16-14-28)26-40-21-7-10-31(41)27-40)24-25-39-22-19-32(20-23-39)44-36(43)37-34-12-6-5-11-33(34)30-8-3-2-4-9-30/h2-6,8-9,11-16,31-32,41H,7,10,17-27H2,1H3,(H,37,43). The molecule has 0 radical (unpaired) electrons. The van der Waals surface area contributed by atoms with Gasteiger partial charge in [0.2, 0.25) is 5.91 Å². The van der Waals surface area contributed by atoms with Crippen molar-refractivity contribution in [3.05, 3.63) is 90.0 Å². The Morgan fingerprint density at radius 3 is 2.34 bits per heavy atom. The molecule has 2 aliphatic heterocycles. The molecule has 2 N–H and O–H groups in total. The summed E-state index contributed by atoms with van der Waals surface area (Å²) in [5, 5.41) is 12.8. The maximum Gasteiger partial charge on any atom is 0.411 e. The largest absolute Gasteiger partial charge is 0.446 e. The van der Waals surface area contributed by atoms with Gasteiger partial charge in [0, 0.05) is 58.3 Å². The predicted octanol–water partition coefficient (Wildman–Crippen LogP) is 5.41. The minimum atomic E-state index is -0.423. The van der Waals surface area contributed by atoms with E-state index in [-0.39, 0.29) is 18.1 Å². The Kier molecular flexibility index (Phi) is 11.4. The van der Waals surface area contributed by atoms with E-state index in [1.807, 2.05) is 66.5 Å². The zero-order valence-electron chi connectivity index (χ0n) is 25.9. The molecule has 8 heteroatoms. The van der Waals surface area contributed by atoms with Gasteiger partial charge < -0.3 is 19.6 Å². The summed E-state index contributed by atoms with van der Waals surface area (Å²) in [4.78, 5) is 32.0. The lowest BCUT2D eigenvalue weighted by molar-refractivity contribution is -0.130. The van der Waals surface area contributed by atoms with Crippen LogP contribution < -0.4 is 5.32 Å². The SMILES string of the molecule is CN(CCN1CCC(OC(=O)Nc2ccccc2-c2ccccc2)CC1)C(=O)CCc1ccc(CN2CCCC(O)C2)cc1. The number of β-amino-alcohol motifs (C(OH)–C–C–N with tert-alkyl or cyclic N) is 1. The molecule has 5 rings (SSSR count). The van der Waals surface area contributed by atoms with Crippen LogP contribution in [0.1, 0.15) is 43.2 Å². The molecule has 0 saturated carbocycles. The lowest BCUT2D eigenvalue weighted by Crippen LogP contribution is -2.42. The normalized spacial score (nSPS) is 18.1. The summed E-state index contributed by atoms with van der Waals surface area (Å²) in [6.07, 6.45) is 3.98. The van der Waals surface area contributed by atoms with E-state index < -0.39 is 6.09 Å². The molecule has 0 bridgehead atoms. The van der Waals surface area contributed by atoms with Crippen LogP contribution in [0, 0.1) is 0 Å². The van der Waals surface area contributed by atoms with Crippen molar-refractivity contribution in [1.82, 2.24) is 14.7 Å². The maximum absolute atomic E-state index is 12.8. The van der Waals surface area contributed by atoms with Crippen molar-refractivity contribution in [3.8, 4) is 11.1 Å². The van der Waals surface area contributed by atoms with Gasteiger partial charge in [0.1, 0.15) is 6.10 Å². The smallest absolute Gasteiger partial charge is 0.411 e. The number of benzene rings is 3. The Balaban J connectivity index is 0.976. The molecule has 234 valence electrons. The molecule has 44 heavy (non-hydrogen) atoms. The van der Waals surface area contributed by atoms with Crippen molar-refractivity contribution in [3.63, 3.8) is 0 Å². The molecular formula is C36H46N4O4. The number of aryl methyl sites for hydroxylation is 1. The van der Waals surface area contributed by atoms with Gasteiger partial charge in [-0.3, -0.25) is 15.0 Å². The zero-order chi connectivity index (χ0) is 30.7. The molecular weight excluding hydrogens is 552 g/mol. The van der Waals surface area contributed by atoms with E-state index in [0.29, 0.717) is 13.0 Å². The van der Waals surface area contributed by atoms with Crippen LogP contribution in [0.2, 0.25) is 0 Å². The van der Waals surface area contributed by atoms with Crippen molar-refractivity contribution in [2.75, 3.05) is 51.6 Å². The van der Waals surface area contributed by atoms with Gasteiger partial charge in [0.15, 0.2) is 0 Å². The minimum absolute atomic E-state index is 0.118.